The molecule has 1 heterocycles. The molecule has 0 aliphatic carbocycles. The predicted octanol–water partition coefficient (Wildman–Crippen LogP) is 3.69. The molecule has 0 fully saturated rings. The van der Waals surface area contributed by atoms with Crippen molar-refractivity contribution in [3.05, 3.63) is 51.7 Å². The topological polar surface area (TPSA) is 36.4 Å². The third-order valence-corrected chi connectivity index (χ3v) is 5.11. The minimum Gasteiger partial charge on any atom is -0.356 e. The number of guanidine groups is 1. The van der Waals surface area contributed by atoms with Crippen molar-refractivity contribution in [2.24, 2.45) is 4.99 Å². The molecule has 2 N–H and O–H groups in total. The van der Waals surface area contributed by atoms with Crippen molar-refractivity contribution in [1.82, 2.24) is 10.6 Å². The van der Waals surface area contributed by atoms with Crippen molar-refractivity contribution in [1.29, 1.82) is 0 Å². The van der Waals surface area contributed by atoms with E-state index in [1.807, 2.05) is 7.05 Å². The lowest BCUT2D eigenvalue weighted by molar-refractivity contribution is 0.793. The van der Waals surface area contributed by atoms with Crippen LogP contribution in [0, 0.1) is 6.92 Å². The molecule has 118 valence electrons. The molecule has 22 heavy (non-hydrogen) atoms. The monoisotopic (exact) mass is 333 g/mol. The van der Waals surface area contributed by atoms with Gasteiger partial charge in [0.2, 0.25) is 0 Å². The van der Waals surface area contributed by atoms with Crippen molar-refractivity contribution in [2.75, 3.05) is 19.8 Å². The maximum absolute atomic E-state index is 4.29. The highest BCUT2D eigenvalue weighted by Crippen LogP contribution is 2.21. The van der Waals surface area contributed by atoms with E-state index in [4.69, 9.17) is 0 Å². The fraction of sp³-hybridized carbons (Fsp3) is 0.353. The van der Waals surface area contributed by atoms with Crippen LogP contribution >= 0.6 is 23.1 Å². The van der Waals surface area contributed by atoms with Gasteiger partial charge in [0, 0.05) is 29.9 Å². The second-order valence-electron chi connectivity index (χ2n) is 5.00. The van der Waals surface area contributed by atoms with Gasteiger partial charge in [-0.2, -0.15) is 0 Å². The zero-order valence-corrected chi connectivity index (χ0v) is 15.0. The molecule has 0 amide bonds. The third kappa shape index (κ3) is 5.07. The maximum Gasteiger partial charge on any atom is 0.191 e. The summed E-state index contributed by atoms with van der Waals surface area (Å²) in [6.07, 6.45) is 3.14. The summed E-state index contributed by atoms with van der Waals surface area (Å²) < 4.78 is 0. The highest BCUT2D eigenvalue weighted by Gasteiger charge is 2.04. The van der Waals surface area contributed by atoms with Gasteiger partial charge in [0.1, 0.15) is 0 Å². The van der Waals surface area contributed by atoms with E-state index in [2.05, 4.69) is 64.5 Å². The summed E-state index contributed by atoms with van der Waals surface area (Å²) in [4.78, 5) is 7.00. The largest absolute Gasteiger partial charge is 0.356 e. The molecule has 0 saturated heterocycles. The van der Waals surface area contributed by atoms with E-state index < -0.39 is 0 Å². The normalized spacial score (nSPS) is 11.5. The lowest BCUT2D eigenvalue weighted by Gasteiger charge is -2.13. The first-order valence-corrected chi connectivity index (χ1v) is 9.44. The Kier molecular flexibility index (Phi) is 6.80. The molecule has 0 unspecified atom stereocenters. The van der Waals surface area contributed by atoms with Crippen LogP contribution in [0.5, 0.6) is 0 Å². The SMILES string of the molecule is CN=C(NCCc1cccs1)NCc1ccc(C)cc1SC. The Morgan fingerprint density at radius 2 is 2.14 bits per heavy atom. The van der Waals surface area contributed by atoms with Gasteiger partial charge in [0.05, 0.1) is 0 Å². The van der Waals surface area contributed by atoms with Crippen LogP contribution in [0.25, 0.3) is 0 Å². The number of benzene rings is 1. The molecule has 0 radical (unpaired) electrons. The quantitative estimate of drug-likeness (QED) is 0.481. The van der Waals surface area contributed by atoms with Crippen LogP contribution in [0.4, 0.5) is 0 Å². The van der Waals surface area contributed by atoms with Crippen LogP contribution in [0.2, 0.25) is 0 Å². The van der Waals surface area contributed by atoms with Crippen molar-refractivity contribution >= 4 is 29.1 Å². The van der Waals surface area contributed by atoms with E-state index in [0.717, 1.165) is 25.5 Å². The Labute approximate surface area is 141 Å². The number of rotatable bonds is 6. The average molecular weight is 334 g/mol. The van der Waals surface area contributed by atoms with Gasteiger partial charge in [0.15, 0.2) is 5.96 Å². The molecule has 0 atom stereocenters. The molecular weight excluding hydrogens is 310 g/mol. The third-order valence-electron chi connectivity index (χ3n) is 3.36. The van der Waals surface area contributed by atoms with Gasteiger partial charge in [0.25, 0.3) is 0 Å². The minimum absolute atomic E-state index is 0.787. The Morgan fingerprint density at radius 1 is 1.27 bits per heavy atom. The Bertz CT molecular complexity index is 606. The van der Waals surface area contributed by atoms with E-state index in [-0.39, 0.29) is 0 Å². The average Bonchev–Trinajstić information content (AvgIpc) is 3.04. The molecule has 2 aromatic rings. The number of thiophene rings is 1. The second-order valence-corrected chi connectivity index (χ2v) is 6.88. The van der Waals surface area contributed by atoms with Gasteiger partial charge in [-0.05, 0) is 48.2 Å². The Morgan fingerprint density at radius 3 is 2.82 bits per heavy atom. The van der Waals surface area contributed by atoms with Gasteiger partial charge < -0.3 is 10.6 Å². The standard InChI is InChI=1S/C17H23N3S2/c1-13-6-7-14(16(11-13)21-3)12-20-17(18-2)19-9-8-15-5-4-10-22-15/h4-7,10-11H,8-9,12H2,1-3H3,(H2,18,19,20). The number of thioether (sulfide) groups is 1. The minimum atomic E-state index is 0.787. The van der Waals surface area contributed by atoms with Crippen LogP contribution < -0.4 is 10.6 Å². The van der Waals surface area contributed by atoms with Gasteiger partial charge in [-0.3, -0.25) is 4.99 Å². The van der Waals surface area contributed by atoms with Gasteiger partial charge >= 0.3 is 0 Å². The van der Waals surface area contributed by atoms with Crippen molar-refractivity contribution in [3.63, 3.8) is 0 Å². The van der Waals surface area contributed by atoms with E-state index >= 15 is 0 Å². The maximum atomic E-state index is 4.29. The number of hydrogen-bond donors (Lipinski definition) is 2. The zero-order valence-electron chi connectivity index (χ0n) is 13.3. The summed E-state index contributed by atoms with van der Waals surface area (Å²) in [5.41, 5.74) is 2.60. The molecule has 0 spiro atoms. The van der Waals surface area contributed by atoms with Crippen LogP contribution in [-0.4, -0.2) is 25.8 Å². The van der Waals surface area contributed by atoms with Crippen LogP contribution in [-0.2, 0) is 13.0 Å². The number of aryl methyl sites for hydroxylation is 1. The summed E-state index contributed by atoms with van der Waals surface area (Å²) in [5, 5.41) is 8.87. The van der Waals surface area contributed by atoms with Crippen LogP contribution in [0.1, 0.15) is 16.0 Å². The molecule has 0 bridgehead atoms. The first-order valence-electron chi connectivity index (χ1n) is 7.33. The van der Waals surface area contributed by atoms with Gasteiger partial charge in [-0.25, -0.2) is 0 Å². The Hall–Kier alpha value is -1.46. The second kappa shape index (κ2) is 8.86. The fourth-order valence-corrected chi connectivity index (χ4v) is 3.57. The molecule has 0 aliphatic heterocycles. The number of nitrogens with zero attached hydrogens (tertiary/aromatic N) is 1. The van der Waals surface area contributed by atoms with E-state index in [9.17, 15) is 0 Å². The summed E-state index contributed by atoms with van der Waals surface area (Å²) in [5.74, 6) is 0.851. The summed E-state index contributed by atoms with van der Waals surface area (Å²) in [7, 11) is 1.81. The van der Waals surface area contributed by atoms with Crippen LogP contribution in [0.15, 0.2) is 45.6 Å². The molecule has 3 nitrogen and oxygen atoms in total. The molecule has 2 rings (SSSR count). The zero-order chi connectivity index (χ0) is 15.8. The highest BCUT2D eigenvalue weighted by atomic mass is 32.2. The molecule has 0 aliphatic rings. The number of nitrogens with one attached hydrogen (secondary N) is 2. The smallest absolute Gasteiger partial charge is 0.191 e. The molecular formula is C17H23N3S2. The Balaban J connectivity index is 1.83. The van der Waals surface area contributed by atoms with E-state index in [1.54, 1.807) is 23.1 Å². The van der Waals surface area contributed by atoms with E-state index in [1.165, 1.54) is 20.9 Å². The van der Waals surface area contributed by atoms with E-state index in [0.29, 0.717) is 0 Å². The summed E-state index contributed by atoms with van der Waals surface area (Å²) >= 11 is 3.58. The molecule has 0 saturated carbocycles. The number of aliphatic imine (C=N–C) groups is 1. The first-order chi connectivity index (χ1) is 10.7. The lowest BCUT2D eigenvalue weighted by Crippen LogP contribution is -2.37. The van der Waals surface area contributed by atoms with Gasteiger partial charge in [-0.15, -0.1) is 23.1 Å². The van der Waals surface area contributed by atoms with Gasteiger partial charge in [-0.1, -0.05) is 18.2 Å². The van der Waals surface area contributed by atoms with Crippen molar-refractivity contribution < 1.29 is 0 Å². The molecule has 1 aromatic heterocycles. The molecule has 5 heteroatoms. The van der Waals surface area contributed by atoms with Crippen molar-refractivity contribution in [2.45, 2.75) is 24.8 Å². The first kappa shape index (κ1) is 16.9. The summed E-state index contributed by atoms with van der Waals surface area (Å²) in [6.45, 7) is 3.81. The predicted molar refractivity (Wildman–Crippen MR) is 99.2 cm³/mol. The fourth-order valence-electron chi connectivity index (χ4n) is 2.16. The summed E-state index contributed by atoms with van der Waals surface area (Å²) in [6, 6.07) is 10.8. The number of hydrogen-bond acceptors (Lipinski definition) is 3. The van der Waals surface area contributed by atoms with Crippen molar-refractivity contribution in [3.8, 4) is 0 Å². The molecule has 1 aromatic carbocycles. The lowest BCUT2D eigenvalue weighted by atomic mass is 10.1. The highest BCUT2D eigenvalue weighted by molar-refractivity contribution is 7.98. The van der Waals surface area contributed by atoms with Crippen LogP contribution in [0.3, 0.4) is 0 Å².